The molecule has 0 amide bonds. The average molecular weight is 482 g/mol. The number of aromatic nitrogens is 3. The lowest BCUT2D eigenvalue weighted by molar-refractivity contribution is 0.684. The number of nitrogens with zero attached hydrogens (tertiary/aromatic N) is 4. The second-order valence-corrected chi connectivity index (χ2v) is 6.36. The van der Waals surface area contributed by atoms with Gasteiger partial charge in [0.25, 0.3) is 0 Å². The first-order chi connectivity index (χ1) is 12.3. The Morgan fingerprint density at radius 3 is 2.69 bits per heavy atom. The highest BCUT2D eigenvalue weighted by Gasteiger charge is 2.05. The molecule has 0 saturated carbocycles. The Morgan fingerprint density at radius 2 is 2.00 bits per heavy atom. The number of benzene rings is 1. The summed E-state index contributed by atoms with van der Waals surface area (Å²) in [6, 6.07) is 12.2. The summed E-state index contributed by atoms with van der Waals surface area (Å²) in [5, 5.41) is 13.9. The van der Waals surface area contributed by atoms with Gasteiger partial charge in [0.1, 0.15) is 5.01 Å². The molecule has 2 aromatic heterocycles. The molecule has 0 fully saturated rings. The zero-order valence-electron chi connectivity index (χ0n) is 14.8. The van der Waals surface area contributed by atoms with Crippen LogP contribution in [0.2, 0.25) is 0 Å². The SMILES string of the molecule is CCNC(=NCc1csc(-c2ccccc2)n1)NCc1ccnn1C.I. The first-order valence-corrected chi connectivity index (χ1v) is 9.13. The summed E-state index contributed by atoms with van der Waals surface area (Å²) in [7, 11) is 1.93. The Hall–Kier alpha value is -1.94. The number of thiazole rings is 1. The van der Waals surface area contributed by atoms with Crippen LogP contribution in [-0.4, -0.2) is 27.3 Å². The molecule has 6 nitrogen and oxygen atoms in total. The number of nitrogens with one attached hydrogen (secondary N) is 2. The zero-order valence-corrected chi connectivity index (χ0v) is 18.0. The minimum absolute atomic E-state index is 0. The van der Waals surface area contributed by atoms with Gasteiger partial charge in [-0.2, -0.15) is 5.10 Å². The van der Waals surface area contributed by atoms with E-state index in [0.29, 0.717) is 13.1 Å². The number of guanidine groups is 1. The summed E-state index contributed by atoms with van der Waals surface area (Å²) in [6.07, 6.45) is 1.79. The summed E-state index contributed by atoms with van der Waals surface area (Å²) < 4.78 is 1.85. The van der Waals surface area contributed by atoms with Crippen molar-refractivity contribution in [2.75, 3.05) is 6.54 Å². The van der Waals surface area contributed by atoms with Gasteiger partial charge in [-0.1, -0.05) is 30.3 Å². The molecule has 0 radical (unpaired) electrons. The summed E-state index contributed by atoms with van der Waals surface area (Å²) >= 11 is 1.65. The van der Waals surface area contributed by atoms with Crippen molar-refractivity contribution in [1.29, 1.82) is 0 Å². The van der Waals surface area contributed by atoms with Crippen molar-refractivity contribution < 1.29 is 0 Å². The Bertz CT molecular complexity index is 827. The van der Waals surface area contributed by atoms with E-state index in [2.05, 4.69) is 50.1 Å². The third-order valence-corrected chi connectivity index (χ3v) is 4.62. The molecule has 0 aliphatic rings. The van der Waals surface area contributed by atoms with Crippen LogP contribution in [0.3, 0.4) is 0 Å². The Labute approximate surface area is 174 Å². The molecule has 0 aliphatic carbocycles. The molecule has 138 valence electrons. The monoisotopic (exact) mass is 482 g/mol. The maximum absolute atomic E-state index is 4.68. The van der Waals surface area contributed by atoms with E-state index in [9.17, 15) is 0 Å². The molecule has 3 aromatic rings. The fraction of sp³-hybridized carbons (Fsp3) is 0.278. The van der Waals surface area contributed by atoms with Crippen molar-refractivity contribution in [3.63, 3.8) is 0 Å². The van der Waals surface area contributed by atoms with E-state index < -0.39 is 0 Å². The van der Waals surface area contributed by atoms with Gasteiger partial charge < -0.3 is 10.6 Å². The lowest BCUT2D eigenvalue weighted by Crippen LogP contribution is -2.37. The molecule has 26 heavy (non-hydrogen) atoms. The zero-order chi connectivity index (χ0) is 17.5. The summed E-state index contributed by atoms with van der Waals surface area (Å²) in [5.74, 6) is 0.776. The van der Waals surface area contributed by atoms with Gasteiger partial charge in [0.05, 0.1) is 24.5 Å². The molecular formula is C18H23IN6S. The molecule has 0 spiro atoms. The highest BCUT2D eigenvalue weighted by Crippen LogP contribution is 2.23. The lowest BCUT2D eigenvalue weighted by Gasteiger charge is -2.11. The molecule has 2 heterocycles. The second kappa shape index (κ2) is 10.3. The number of aliphatic imine (C=N–C) groups is 1. The molecule has 8 heteroatoms. The third-order valence-electron chi connectivity index (χ3n) is 3.68. The van der Waals surface area contributed by atoms with Gasteiger partial charge in [-0.3, -0.25) is 4.68 Å². The van der Waals surface area contributed by atoms with Gasteiger partial charge in [-0.25, -0.2) is 9.98 Å². The minimum Gasteiger partial charge on any atom is -0.357 e. The highest BCUT2D eigenvalue weighted by atomic mass is 127. The molecular weight excluding hydrogens is 459 g/mol. The number of hydrogen-bond donors (Lipinski definition) is 2. The van der Waals surface area contributed by atoms with Gasteiger partial charge >= 0.3 is 0 Å². The van der Waals surface area contributed by atoms with E-state index in [4.69, 9.17) is 0 Å². The number of hydrogen-bond acceptors (Lipinski definition) is 4. The largest absolute Gasteiger partial charge is 0.357 e. The molecule has 1 aromatic carbocycles. The second-order valence-electron chi connectivity index (χ2n) is 5.50. The van der Waals surface area contributed by atoms with Crippen molar-refractivity contribution in [3.05, 3.63) is 59.4 Å². The van der Waals surface area contributed by atoms with Crippen LogP contribution in [0.15, 0.2) is 53.0 Å². The number of aryl methyl sites for hydroxylation is 1. The predicted molar refractivity (Wildman–Crippen MR) is 118 cm³/mol. The van der Waals surface area contributed by atoms with Gasteiger partial charge in [0.15, 0.2) is 5.96 Å². The Balaban J connectivity index is 0.00000243. The van der Waals surface area contributed by atoms with E-state index in [-0.39, 0.29) is 24.0 Å². The Kier molecular flexibility index (Phi) is 8.05. The molecule has 3 rings (SSSR count). The van der Waals surface area contributed by atoms with Crippen molar-refractivity contribution >= 4 is 41.3 Å². The van der Waals surface area contributed by atoms with Crippen LogP contribution in [0.5, 0.6) is 0 Å². The van der Waals surface area contributed by atoms with Crippen LogP contribution in [0.1, 0.15) is 18.3 Å². The normalized spacial score (nSPS) is 11.1. The smallest absolute Gasteiger partial charge is 0.191 e. The van der Waals surface area contributed by atoms with E-state index in [1.165, 1.54) is 0 Å². The van der Waals surface area contributed by atoms with Gasteiger partial charge in [-0.15, -0.1) is 35.3 Å². The van der Waals surface area contributed by atoms with Crippen LogP contribution in [0.25, 0.3) is 10.6 Å². The predicted octanol–water partition coefficient (Wildman–Crippen LogP) is 3.42. The van der Waals surface area contributed by atoms with Gasteiger partial charge in [-0.05, 0) is 13.0 Å². The fourth-order valence-corrected chi connectivity index (χ4v) is 3.16. The number of halogens is 1. The first-order valence-electron chi connectivity index (χ1n) is 8.25. The maximum Gasteiger partial charge on any atom is 0.191 e. The lowest BCUT2D eigenvalue weighted by atomic mass is 10.2. The molecule has 0 atom stereocenters. The standard InChI is InChI=1S/C18H22N6S.HI/c1-3-19-18(21-12-16-9-10-22-24(16)2)20-11-15-13-25-17(23-15)14-7-5-4-6-8-14;/h4-10,13H,3,11-12H2,1-2H3,(H2,19,20,21);1H. The summed E-state index contributed by atoms with van der Waals surface area (Å²) in [6.45, 7) is 4.08. The van der Waals surface area contributed by atoms with Crippen LogP contribution in [0, 0.1) is 0 Å². The molecule has 0 saturated heterocycles. The van der Waals surface area contributed by atoms with E-state index in [1.807, 2.05) is 36.0 Å². The molecule has 0 aliphatic heterocycles. The van der Waals surface area contributed by atoms with Crippen molar-refractivity contribution in [3.8, 4) is 10.6 Å². The summed E-state index contributed by atoms with van der Waals surface area (Å²) in [4.78, 5) is 9.31. The molecule has 2 N–H and O–H groups in total. The first kappa shape index (κ1) is 20.4. The highest BCUT2D eigenvalue weighted by molar-refractivity contribution is 14.0. The van der Waals surface area contributed by atoms with Crippen LogP contribution < -0.4 is 10.6 Å². The summed E-state index contributed by atoms with van der Waals surface area (Å²) in [5.41, 5.74) is 3.22. The number of rotatable bonds is 6. The van der Waals surface area contributed by atoms with E-state index >= 15 is 0 Å². The van der Waals surface area contributed by atoms with Gasteiger partial charge in [0, 0.05) is 30.7 Å². The topological polar surface area (TPSA) is 67.1 Å². The van der Waals surface area contributed by atoms with Gasteiger partial charge in [0.2, 0.25) is 0 Å². The third kappa shape index (κ3) is 5.53. The maximum atomic E-state index is 4.68. The minimum atomic E-state index is 0. The quantitative estimate of drug-likeness (QED) is 0.321. The van der Waals surface area contributed by atoms with E-state index in [0.717, 1.165) is 34.5 Å². The fourth-order valence-electron chi connectivity index (χ4n) is 2.34. The van der Waals surface area contributed by atoms with E-state index in [1.54, 1.807) is 17.5 Å². The van der Waals surface area contributed by atoms with Crippen molar-refractivity contribution in [2.45, 2.75) is 20.0 Å². The Morgan fingerprint density at radius 1 is 1.19 bits per heavy atom. The van der Waals surface area contributed by atoms with Crippen molar-refractivity contribution in [2.24, 2.45) is 12.0 Å². The molecule has 0 unspecified atom stereocenters. The average Bonchev–Trinajstić information content (AvgIpc) is 3.27. The molecule has 0 bridgehead atoms. The van der Waals surface area contributed by atoms with Crippen LogP contribution in [-0.2, 0) is 20.1 Å². The van der Waals surface area contributed by atoms with Crippen LogP contribution in [0.4, 0.5) is 0 Å². The van der Waals surface area contributed by atoms with Crippen molar-refractivity contribution in [1.82, 2.24) is 25.4 Å². The van der Waals surface area contributed by atoms with Crippen LogP contribution >= 0.6 is 35.3 Å².